The van der Waals surface area contributed by atoms with E-state index in [2.05, 4.69) is 4.74 Å². The largest absolute Gasteiger partial charge is 0.480 e. The second kappa shape index (κ2) is 6.19. The highest BCUT2D eigenvalue weighted by atomic mass is 19.4. The molecule has 120 valence electrons. The van der Waals surface area contributed by atoms with E-state index in [0.29, 0.717) is 0 Å². The van der Waals surface area contributed by atoms with Crippen molar-refractivity contribution in [2.45, 2.75) is 43.4 Å². The van der Waals surface area contributed by atoms with Crippen molar-refractivity contribution in [1.82, 2.24) is 10.6 Å². The number of hydrogen-bond acceptors (Lipinski definition) is 4. The molecule has 0 spiro atoms. The number of methoxy groups -OCH3 is 1. The van der Waals surface area contributed by atoms with Crippen LogP contribution in [0, 0.1) is 0 Å². The van der Waals surface area contributed by atoms with Crippen molar-refractivity contribution < 1.29 is 37.4 Å². The summed E-state index contributed by atoms with van der Waals surface area (Å²) in [5, 5.41) is 12.5. The summed E-state index contributed by atoms with van der Waals surface area (Å²) in [5.74, 6) is -2.14. The Labute approximate surface area is 117 Å². The first-order chi connectivity index (χ1) is 9.61. The number of hydrogen-bond donors (Lipinski definition) is 3. The average Bonchev–Trinajstić information content (AvgIpc) is 3.13. The van der Waals surface area contributed by atoms with Crippen molar-refractivity contribution in [3.8, 4) is 0 Å². The number of halogens is 3. The molecule has 2 amide bonds. The standard InChI is InChI=1S/C11H15F3N2O5/c1-21-7(17)3-2-6(8(18)19)15-9(20)16-10(4-5-10)11(12,13)14/h6H,2-5H2,1H3,(H,18,19)(H2,15,16,20)/t6-/m0/s1. The van der Waals surface area contributed by atoms with Gasteiger partial charge in [0.1, 0.15) is 11.6 Å². The molecule has 0 aromatic carbocycles. The highest BCUT2D eigenvalue weighted by molar-refractivity contribution is 5.83. The number of esters is 1. The van der Waals surface area contributed by atoms with Gasteiger partial charge in [-0.2, -0.15) is 13.2 Å². The molecule has 1 atom stereocenters. The molecule has 0 bridgehead atoms. The molecule has 1 rings (SSSR count). The van der Waals surface area contributed by atoms with Gasteiger partial charge in [0.2, 0.25) is 0 Å². The van der Waals surface area contributed by atoms with Crippen molar-refractivity contribution in [3.05, 3.63) is 0 Å². The van der Waals surface area contributed by atoms with Crippen LogP contribution in [0.1, 0.15) is 25.7 Å². The van der Waals surface area contributed by atoms with Crippen molar-refractivity contribution in [2.24, 2.45) is 0 Å². The van der Waals surface area contributed by atoms with Crippen molar-refractivity contribution in [3.63, 3.8) is 0 Å². The van der Waals surface area contributed by atoms with Gasteiger partial charge < -0.3 is 20.5 Å². The smallest absolute Gasteiger partial charge is 0.411 e. The zero-order valence-electron chi connectivity index (χ0n) is 11.1. The molecular formula is C11H15F3N2O5. The molecular weight excluding hydrogens is 297 g/mol. The van der Waals surface area contributed by atoms with Crippen LogP contribution in [0.4, 0.5) is 18.0 Å². The maximum atomic E-state index is 12.6. The third-order valence-electron chi connectivity index (χ3n) is 3.11. The van der Waals surface area contributed by atoms with Gasteiger partial charge in [-0.05, 0) is 19.3 Å². The van der Waals surface area contributed by atoms with E-state index in [1.54, 1.807) is 5.32 Å². The van der Waals surface area contributed by atoms with Gasteiger partial charge in [0, 0.05) is 6.42 Å². The fourth-order valence-corrected chi connectivity index (χ4v) is 1.64. The molecule has 0 aromatic rings. The zero-order valence-corrected chi connectivity index (χ0v) is 11.1. The average molecular weight is 312 g/mol. The molecule has 1 aliphatic carbocycles. The molecule has 1 saturated carbocycles. The second-order valence-corrected chi connectivity index (χ2v) is 4.68. The first-order valence-corrected chi connectivity index (χ1v) is 6.06. The van der Waals surface area contributed by atoms with E-state index in [9.17, 15) is 27.6 Å². The number of amides is 2. The minimum Gasteiger partial charge on any atom is -0.480 e. The second-order valence-electron chi connectivity index (χ2n) is 4.68. The lowest BCUT2D eigenvalue weighted by molar-refractivity contribution is -0.162. The first-order valence-electron chi connectivity index (χ1n) is 6.06. The summed E-state index contributed by atoms with van der Waals surface area (Å²) in [4.78, 5) is 33.3. The fraction of sp³-hybridized carbons (Fsp3) is 0.727. The molecule has 3 N–H and O–H groups in total. The number of carbonyl (C=O) groups excluding carboxylic acids is 2. The van der Waals surface area contributed by atoms with Crippen LogP contribution in [0.5, 0.6) is 0 Å². The van der Waals surface area contributed by atoms with Crippen LogP contribution in [0.3, 0.4) is 0 Å². The summed E-state index contributed by atoms with van der Waals surface area (Å²) in [7, 11) is 1.11. The summed E-state index contributed by atoms with van der Waals surface area (Å²) < 4.78 is 42.2. The quantitative estimate of drug-likeness (QED) is 0.629. The minimum atomic E-state index is -4.59. The molecule has 10 heteroatoms. The van der Waals surface area contributed by atoms with Gasteiger partial charge in [-0.15, -0.1) is 0 Å². The van der Waals surface area contributed by atoms with Crippen LogP contribution in [0.2, 0.25) is 0 Å². The number of nitrogens with one attached hydrogen (secondary N) is 2. The van der Waals surface area contributed by atoms with Crippen LogP contribution >= 0.6 is 0 Å². The summed E-state index contributed by atoms with van der Waals surface area (Å²) in [6.07, 6.45) is -5.64. The van der Waals surface area contributed by atoms with Crippen LogP contribution in [-0.4, -0.2) is 47.9 Å². The summed E-state index contributed by atoms with van der Waals surface area (Å²) in [5.41, 5.74) is -2.28. The Balaban J connectivity index is 2.54. The fourth-order valence-electron chi connectivity index (χ4n) is 1.64. The number of ether oxygens (including phenoxy) is 1. The van der Waals surface area contributed by atoms with E-state index >= 15 is 0 Å². The molecule has 0 radical (unpaired) electrons. The van der Waals surface area contributed by atoms with E-state index in [0.717, 1.165) is 7.11 Å². The lowest BCUT2D eigenvalue weighted by Crippen LogP contribution is -2.54. The van der Waals surface area contributed by atoms with Gasteiger partial charge in [-0.1, -0.05) is 0 Å². The predicted octanol–water partition coefficient (Wildman–Crippen LogP) is 0.787. The number of carboxylic acids is 1. The van der Waals surface area contributed by atoms with Crippen LogP contribution < -0.4 is 10.6 Å². The number of rotatable bonds is 6. The number of carboxylic acid groups (broad SMARTS) is 1. The van der Waals surface area contributed by atoms with E-state index in [-0.39, 0.29) is 25.7 Å². The van der Waals surface area contributed by atoms with Crippen molar-refractivity contribution in [2.75, 3.05) is 7.11 Å². The Bertz CT molecular complexity index is 434. The maximum absolute atomic E-state index is 12.6. The Morgan fingerprint density at radius 2 is 1.90 bits per heavy atom. The molecule has 0 unspecified atom stereocenters. The van der Waals surface area contributed by atoms with Gasteiger partial charge in [0.15, 0.2) is 0 Å². The summed E-state index contributed by atoms with van der Waals surface area (Å²) in [6.45, 7) is 0. The predicted molar refractivity (Wildman–Crippen MR) is 62.4 cm³/mol. The number of alkyl halides is 3. The Hall–Kier alpha value is -2.00. The van der Waals surface area contributed by atoms with E-state index < -0.39 is 35.7 Å². The van der Waals surface area contributed by atoms with Gasteiger partial charge in [-0.3, -0.25) is 4.79 Å². The van der Waals surface area contributed by atoms with Crippen LogP contribution in [0.15, 0.2) is 0 Å². The third kappa shape index (κ3) is 4.50. The molecule has 21 heavy (non-hydrogen) atoms. The lowest BCUT2D eigenvalue weighted by atomic mass is 10.1. The van der Waals surface area contributed by atoms with Gasteiger partial charge in [0.25, 0.3) is 0 Å². The zero-order chi connectivity index (χ0) is 16.3. The normalized spacial score (nSPS) is 17.5. The van der Waals surface area contributed by atoms with Gasteiger partial charge in [0.05, 0.1) is 7.11 Å². The van der Waals surface area contributed by atoms with Gasteiger partial charge in [-0.25, -0.2) is 9.59 Å². The Kier molecular flexibility index (Phi) is 5.02. The van der Waals surface area contributed by atoms with E-state index in [4.69, 9.17) is 5.11 Å². The number of aliphatic carboxylic acids is 1. The first kappa shape index (κ1) is 17.1. The Morgan fingerprint density at radius 1 is 1.33 bits per heavy atom. The van der Waals surface area contributed by atoms with E-state index in [1.165, 1.54) is 0 Å². The van der Waals surface area contributed by atoms with Gasteiger partial charge >= 0.3 is 24.1 Å². The summed E-state index contributed by atoms with van der Waals surface area (Å²) in [6, 6.07) is -2.71. The SMILES string of the molecule is COC(=O)CC[C@H](NC(=O)NC1(C(F)(F)F)CC1)C(=O)O. The highest BCUT2D eigenvalue weighted by Gasteiger charge is 2.64. The minimum absolute atomic E-state index is 0.246. The van der Waals surface area contributed by atoms with Crippen LogP contribution in [-0.2, 0) is 14.3 Å². The number of carbonyl (C=O) groups is 3. The lowest BCUT2D eigenvalue weighted by Gasteiger charge is -2.22. The highest BCUT2D eigenvalue weighted by Crippen LogP contribution is 2.48. The molecule has 7 nitrogen and oxygen atoms in total. The maximum Gasteiger partial charge on any atom is 0.411 e. The van der Waals surface area contributed by atoms with Crippen LogP contribution in [0.25, 0.3) is 0 Å². The van der Waals surface area contributed by atoms with Crippen molar-refractivity contribution >= 4 is 18.0 Å². The molecule has 0 heterocycles. The topological polar surface area (TPSA) is 105 Å². The third-order valence-corrected chi connectivity index (χ3v) is 3.11. The molecule has 1 fully saturated rings. The van der Waals surface area contributed by atoms with Crippen molar-refractivity contribution in [1.29, 1.82) is 0 Å². The Morgan fingerprint density at radius 3 is 2.29 bits per heavy atom. The monoisotopic (exact) mass is 312 g/mol. The van der Waals surface area contributed by atoms with E-state index in [1.807, 2.05) is 5.32 Å². The molecule has 0 saturated heterocycles. The molecule has 1 aliphatic rings. The summed E-state index contributed by atoms with van der Waals surface area (Å²) >= 11 is 0. The number of urea groups is 1. The molecule has 0 aliphatic heterocycles. The molecule has 0 aromatic heterocycles.